The minimum absolute atomic E-state index is 0.0276. The fraction of sp³-hybridized carbons (Fsp3) is 0.273. The molecule has 29 heavy (non-hydrogen) atoms. The van der Waals surface area contributed by atoms with Crippen molar-refractivity contribution >= 4 is 22.7 Å². The lowest BCUT2D eigenvalue weighted by Gasteiger charge is -2.37. The van der Waals surface area contributed by atoms with Crippen LogP contribution in [-0.2, 0) is 0 Å². The van der Waals surface area contributed by atoms with Gasteiger partial charge < -0.3 is 24.6 Å². The van der Waals surface area contributed by atoms with Crippen LogP contribution in [0.3, 0.4) is 0 Å². The number of aromatic nitrogens is 1. The third kappa shape index (κ3) is 3.13. The van der Waals surface area contributed by atoms with Crippen molar-refractivity contribution in [2.75, 3.05) is 24.8 Å². The third-order valence-corrected chi connectivity index (χ3v) is 5.66. The summed E-state index contributed by atoms with van der Waals surface area (Å²) in [6.45, 7) is 1.27. The van der Waals surface area contributed by atoms with Crippen LogP contribution in [0.25, 0.3) is 10.9 Å². The summed E-state index contributed by atoms with van der Waals surface area (Å²) in [5, 5.41) is 21.1. The zero-order valence-corrected chi connectivity index (χ0v) is 15.6. The summed E-state index contributed by atoms with van der Waals surface area (Å²) in [6, 6.07) is 14.6. The highest BCUT2D eigenvalue weighted by Gasteiger charge is 2.31. The summed E-state index contributed by atoms with van der Waals surface area (Å²) in [5.41, 5.74) is 1.87. The Kier molecular flexibility index (Phi) is 4.24. The molecule has 0 aliphatic carbocycles. The number of pyridine rings is 1. The number of anilines is 1. The van der Waals surface area contributed by atoms with Crippen LogP contribution in [0.1, 0.15) is 28.3 Å². The van der Waals surface area contributed by atoms with Crippen molar-refractivity contribution in [3.63, 3.8) is 0 Å². The number of fused-ring (bicyclic) bond motifs is 2. The first-order valence-corrected chi connectivity index (χ1v) is 9.56. The number of piperidine rings is 1. The van der Waals surface area contributed by atoms with Crippen molar-refractivity contribution in [2.45, 2.75) is 18.4 Å². The molecule has 2 aromatic carbocycles. The maximum absolute atomic E-state index is 11.7. The lowest BCUT2D eigenvalue weighted by Crippen LogP contribution is -2.43. The number of hydrogen-bond acceptors (Lipinski definition) is 6. The standard InChI is InChI=1S/C22H20N2O5/c25-18-11-24(8-7-14(18)13-5-6-19-20(9-13)29-12-28-19)21-10-16(22(26)27)15-3-1-2-4-17(15)23-21/h1-6,9-10,14,18,25H,7-8,11-12H2,(H,26,27)/t14-,18+/m0/s1. The number of para-hydroxylation sites is 1. The highest BCUT2D eigenvalue weighted by Crippen LogP contribution is 2.38. The number of aliphatic hydroxyl groups excluding tert-OH is 1. The predicted molar refractivity (Wildman–Crippen MR) is 107 cm³/mol. The number of aromatic carboxylic acids is 1. The molecule has 148 valence electrons. The second kappa shape index (κ2) is 6.93. The molecule has 2 aliphatic heterocycles. The van der Waals surface area contributed by atoms with Gasteiger partial charge in [-0.1, -0.05) is 24.3 Å². The summed E-state index contributed by atoms with van der Waals surface area (Å²) < 4.78 is 10.8. The number of hydrogen-bond donors (Lipinski definition) is 2. The Morgan fingerprint density at radius 3 is 2.76 bits per heavy atom. The van der Waals surface area contributed by atoms with Gasteiger partial charge in [0.25, 0.3) is 0 Å². The molecule has 0 saturated carbocycles. The molecule has 2 aliphatic rings. The summed E-state index contributed by atoms with van der Waals surface area (Å²) in [7, 11) is 0. The van der Waals surface area contributed by atoms with E-state index in [0.717, 1.165) is 17.7 Å². The molecule has 3 aromatic rings. The van der Waals surface area contributed by atoms with E-state index in [1.54, 1.807) is 24.3 Å². The van der Waals surface area contributed by atoms with Gasteiger partial charge in [0.15, 0.2) is 11.5 Å². The zero-order valence-electron chi connectivity index (χ0n) is 15.6. The van der Waals surface area contributed by atoms with Crippen molar-refractivity contribution in [1.29, 1.82) is 0 Å². The molecule has 1 aromatic heterocycles. The van der Waals surface area contributed by atoms with Gasteiger partial charge in [0.1, 0.15) is 5.82 Å². The molecule has 1 saturated heterocycles. The molecule has 1 fully saturated rings. The van der Waals surface area contributed by atoms with E-state index in [2.05, 4.69) is 4.98 Å². The van der Waals surface area contributed by atoms with Gasteiger partial charge in [-0.25, -0.2) is 9.78 Å². The number of benzene rings is 2. The molecule has 0 amide bonds. The molecule has 3 heterocycles. The van der Waals surface area contributed by atoms with Crippen molar-refractivity contribution < 1.29 is 24.5 Å². The van der Waals surface area contributed by atoms with Crippen molar-refractivity contribution in [3.05, 3.63) is 59.7 Å². The van der Waals surface area contributed by atoms with Gasteiger partial charge in [-0.05, 0) is 36.2 Å². The zero-order chi connectivity index (χ0) is 20.0. The van der Waals surface area contributed by atoms with Gasteiger partial charge in [-0.15, -0.1) is 0 Å². The molecule has 2 N–H and O–H groups in total. The third-order valence-electron chi connectivity index (χ3n) is 5.66. The van der Waals surface area contributed by atoms with Crippen LogP contribution in [-0.4, -0.2) is 47.2 Å². The number of carboxylic acids is 1. The van der Waals surface area contributed by atoms with Gasteiger partial charge in [0.2, 0.25) is 6.79 Å². The summed E-state index contributed by atoms with van der Waals surface area (Å²) in [4.78, 5) is 18.3. The molecule has 0 radical (unpaired) electrons. The number of ether oxygens (including phenoxy) is 2. The highest BCUT2D eigenvalue weighted by atomic mass is 16.7. The second-order valence-electron chi connectivity index (χ2n) is 7.37. The van der Waals surface area contributed by atoms with Crippen LogP contribution in [0, 0.1) is 0 Å². The fourth-order valence-corrected chi connectivity index (χ4v) is 4.17. The monoisotopic (exact) mass is 392 g/mol. The Morgan fingerprint density at radius 1 is 1.10 bits per heavy atom. The Hall–Kier alpha value is -3.32. The second-order valence-corrected chi connectivity index (χ2v) is 7.37. The lowest BCUT2D eigenvalue weighted by molar-refractivity contribution is 0.0699. The van der Waals surface area contributed by atoms with Gasteiger partial charge in [-0.3, -0.25) is 0 Å². The van der Waals surface area contributed by atoms with Gasteiger partial charge in [0, 0.05) is 24.4 Å². The Labute approximate surface area is 167 Å². The molecular weight excluding hydrogens is 372 g/mol. The first kappa shape index (κ1) is 17.8. The van der Waals surface area contributed by atoms with E-state index in [-0.39, 0.29) is 18.3 Å². The summed E-state index contributed by atoms with van der Waals surface area (Å²) >= 11 is 0. The topological polar surface area (TPSA) is 92.1 Å². The predicted octanol–water partition coefficient (Wildman–Crippen LogP) is 3.02. The Bertz CT molecular complexity index is 1100. The van der Waals surface area contributed by atoms with E-state index in [4.69, 9.17) is 9.47 Å². The van der Waals surface area contributed by atoms with E-state index in [1.165, 1.54) is 0 Å². The molecule has 0 unspecified atom stereocenters. The molecule has 5 rings (SSSR count). The molecule has 7 heteroatoms. The SMILES string of the molecule is O=C(O)c1cc(N2CC[C@@H](c3ccc4c(c3)OCO4)[C@H](O)C2)nc2ccccc12. The van der Waals surface area contributed by atoms with Gasteiger partial charge in [0.05, 0.1) is 17.2 Å². The van der Waals surface area contributed by atoms with Gasteiger partial charge in [-0.2, -0.15) is 0 Å². The van der Waals surface area contributed by atoms with Crippen molar-refractivity contribution in [2.24, 2.45) is 0 Å². The van der Waals surface area contributed by atoms with Crippen LogP contribution < -0.4 is 14.4 Å². The quantitative estimate of drug-likeness (QED) is 0.708. The molecule has 7 nitrogen and oxygen atoms in total. The number of rotatable bonds is 3. The molecule has 0 bridgehead atoms. The van der Waals surface area contributed by atoms with Crippen LogP contribution in [0.5, 0.6) is 11.5 Å². The molecular formula is C22H20N2O5. The van der Waals surface area contributed by atoms with Crippen LogP contribution >= 0.6 is 0 Å². The first-order chi connectivity index (χ1) is 14.1. The van der Waals surface area contributed by atoms with E-state index >= 15 is 0 Å². The van der Waals surface area contributed by atoms with E-state index in [9.17, 15) is 15.0 Å². The Morgan fingerprint density at radius 2 is 1.93 bits per heavy atom. The Balaban J connectivity index is 1.41. The van der Waals surface area contributed by atoms with Crippen LogP contribution in [0.4, 0.5) is 5.82 Å². The number of β-amino-alcohol motifs (C(OH)–C–C–N with tert-alkyl or cyclic N) is 1. The number of carbonyl (C=O) groups is 1. The number of nitrogens with zero attached hydrogens (tertiary/aromatic N) is 2. The van der Waals surface area contributed by atoms with E-state index in [0.29, 0.717) is 35.6 Å². The maximum atomic E-state index is 11.7. The molecule has 2 atom stereocenters. The number of carboxylic acid groups (broad SMARTS) is 1. The molecule has 0 spiro atoms. The minimum Gasteiger partial charge on any atom is -0.478 e. The maximum Gasteiger partial charge on any atom is 0.336 e. The lowest BCUT2D eigenvalue weighted by atomic mass is 9.87. The van der Waals surface area contributed by atoms with E-state index in [1.807, 2.05) is 29.2 Å². The normalized spacial score (nSPS) is 20.8. The van der Waals surface area contributed by atoms with Crippen molar-refractivity contribution in [1.82, 2.24) is 4.98 Å². The summed E-state index contributed by atoms with van der Waals surface area (Å²) in [6.07, 6.45) is 0.114. The fourth-order valence-electron chi connectivity index (χ4n) is 4.17. The average Bonchev–Trinajstić information content (AvgIpc) is 3.20. The first-order valence-electron chi connectivity index (χ1n) is 9.56. The average molecular weight is 392 g/mol. The largest absolute Gasteiger partial charge is 0.478 e. The van der Waals surface area contributed by atoms with E-state index < -0.39 is 12.1 Å². The minimum atomic E-state index is -0.986. The summed E-state index contributed by atoms with van der Waals surface area (Å²) in [5.74, 6) is 0.992. The highest BCUT2D eigenvalue weighted by molar-refractivity contribution is 6.03. The number of aliphatic hydroxyl groups is 1. The van der Waals surface area contributed by atoms with Gasteiger partial charge >= 0.3 is 5.97 Å². The van der Waals surface area contributed by atoms with Crippen molar-refractivity contribution in [3.8, 4) is 11.5 Å². The smallest absolute Gasteiger partial charge is 0.336 e. The van der Waals surface area contributed by atoms with Crippen LogP contribution in [0.15, 0.2) is 48.5 Å². The van der Waals surface area contributed by atoms with Crippen LogP contribution in [0.2, 0.25) is 0 Å².